The summed E-state index contributed by atoms with van der Waals surface area (Å²) in [6.07, 6.45) is 8.50. The van der Waals surface area contributed by atoms with E-state index in [-0.39, 0.29) is 0 Å². The molecule has 0 saturated heterocycles. The zero-order chi connectivity index (χ0) is 7.82. The minimum absolute atomic E-state index is 0.303. The zero-order valence-corrected chi connectivity index (χ0v) is 7.82. The molecule has 61 valence electrons. The van der Waals surface area contributed by atoms with Gasteiger partial charge in [-0.15, -0.1) is 11.6 Å². The second-order valence-corrected chi connectivity index (χ2v) is 3.26. The van der Waals surface area contributed by atoms with Crippen molar-refractivity contribution in [3.63, 3.8) is 0 Å². The highest BCUT2D eigenvalue weighted by Crippen LogP contribution is 2.11. The summed E-state index contributed by atoms with van der Waals surface area (Å²) in [4.78, 5) is 0. The Hall–Kier alpha value is 0.290. The summed E-state index contributed by atoms with van der Waals surface area (Å²) in [6.45, 7) is 4.25. The molecular weight excluding hydrogens is 144 g/mol. The molecular formula is C9H18Cl. The minimum atomic E-state index is 0.303. The second kappa shape index (κ2) is 7.40. The fourth-order valence-electron chi connectivity index (χ4n) is 0.933. The first-order valence-corrected chi connectivity index (χ1v) is 4.68. The van der Waals surface area contributed by atoms with Gasteiger partial charge in [-0.25, -0.2) is 0 Å². The number of alkyl halides is 1. The maximum absolute atomic E-state index is 5.89. The predicted molar refractivity (Wildman–Crippen MR) is 48.4 cm³/mol. The molecule has 0 nitrogen and oxygen atoms in total. The molecule has 0 heterocycles. The van der Waals surface area contributed by atoms with E-state index >= 15 is 0 Å². The third kappa shape index (κ3) is 6.41. The summed E-state index contributed by atoms with van der Waals surface area (Å²) in [5.74, 6) is 0. The van der Waals surface area contributed by atoms with E-state index < -0.39 is 0 Å². The quantitative estimate of drug-likeness (QED) is 0.411. The van der Waals surface area contributed by atoms with Gasteiger partial charge >= 0.3 is 0 Å². The van der Waals surface area contributed by atoms with Crippen LogP contribution in [0.1, 0.15) is 46.0 Å². The number of hydrogen-bond donors (Lipinski definition) is 0. The number of halogens is 1. The molecule has 0 spiro atoms. The lowest BCUT2D eigenvalue weighted by atomic mass is 10.1. The highest BCUT2D eigenvalue weighted by atomic mass is 35.5. The molecule has 0 rings (SSSR count). The highest BCUT2D eigenvalue weighted by Gasteiger charge is 1.99. The van der Waals surface area contributed by atoms with Crippen LogP contribution in [0.25, 0.3) is 0 Å². The van der Waals surface area contributed by atoms with E-state index in [4.69, 9.17) is 11.6 Å². The molecule has 0 aliphatic rings. The fraction of sp³-hybridized carbons (Fsp3) is 0.889. The Morgan fingerprint density at radius 2 is 2.00 bits per heavy atom. The Morgan fingerprint density at radius 3 is 2.50 bits per heavy atom. The van der Waals surface area contributed by atoms with Crippen molar-refractivity contribution in [2.45, 2.75) is 51.3 Å². The lowest BCUT2D eigenvalue weighted by Gasteiger charge is -2.03. The Kier molecular flexibility index (Phi) is 7.61. The third-order valence-corrected chi connectivity index (χ3v) is 2.17. The van der Waals surface area contributed by atoms with Crippen LogP contribution in [0.3, 0.4) is 0 Å². The molecule has 0 N–H and O–H groups in total. The smallest absolute Gasteiger partial charge is 0.0364 e. The van der Waals surface area contributed by atoms with Crippen LogP contribution in [0.15, 0.2) is 0 Å². The molecule has 0 aliphatic carbocycles. The SMILES string of the molecule is C[CH]C(Cl)CCCCCC. The van der Waals surface area contributed by atoms with Crippen LogP contribution < -0.4 is 0 Å². The van der Waals surface area contributed by atoms with E-state index in [2.05, 4.69) is 13.3 Å². The first-order valence-electron chi connectivity index (χ1n) is 4.24. The molecule has 0 aromatic carbocycles. The summed E-state index contributed by atoms with van der Waals surface area (Å²) in [5.41, 5.74) is 0. The standard InChI is InChI=1S/C9H18Cl/c1-3-5-6-7-8-9(10)4-2/h4,9H,3,5-8H2,1-2H3. The Labute approximate surface area is 70.0 Å². The normalized spacial score (nSPS) is 13.5. The van der Waals surface area contributed by atoms with Gasteiger partial charge in [-0.1, -0.05) is 39.5 Å². The molecule has 0 aliphatic heterocycles. The Morgan fingerprint density at radius 1 is 1.30 bits per heavy atom. The van der Waals surface area contributed by atoms with Gasteiger partial charge in [-0.2, -0.15) is 0 Å². The van der Waals surface area contributed by atoms with Crippen molar-refractivity contribution in [3.05, 3.63) is 6.42 Å². The van der Waals surface area contributed by atoms with Crippen molar-refractivity contribution >= 4 is 11.6 Å². The van der Waals surface area contributed by atoms with Crippen LogP contribution in [0.5, 0.6) is 0 Å². The van der Waals surface area contributed by atoms with Crippen LogP contribution in [0.4, 0.5) is 0 Å². The van der Waals surface area contributed by atoms with Crippen molar-refractivity contribution in [1.29, 1.82) is 0 Å². The molecule has 0 amide bonds. The topological polar surface area (TPSA) is 0 Å². The summed E-state index contributed by atoms with van der Waals surface area (Å²) < 4.78 is 0. The van der Waals surface area contributed by atoms with Gasteiger partial charge in [0.05, 0.1) is 0 Å². The largest absolute Gasteiger partial charge is 0.123 e. The summed E-state index contributed by atoms with van der Waals surface area (Å²) in [5, 5.41) is 0.303. The van der Waals surface area contributed by atoms with Gasteiger partial charge < -0.3 is 0 Å². The van der Waals surface area contributed by atoms with Crippen molar-refractivity contribution in [2.75, 3.05) is 0 Å². The summed E-state index contributed by atoms with van der Waals surface area (Å²) in [7, 11) is 0. The van der Waals surface area contributed by atoms with Crippen LogP contribution in [-0.4, -0.2) is 5.38 Å². The molecule has 1 heteroatoms. The number of unbranched alkanes of at least 4 members (excludes halogenated alkanes) is 3. The fourth-order valence-corrected chi connectivity index (χ4v) is 1.09. The van der Waals surface area contributed by atoms with Gasteiger partial charge in [-0.05, 0) is 12.8 Å². The summed E-state index contributed by atoms with van der Waals surface area (Å²) >= 11 is 5.89. The molecule has 0 saturated carbocycles. The third-order valence-electron chi connectivity index (χ3n) is 1.70. The average molecular weight is 162 g/mol. The Balaban J connectivity index is 2.89. The molecule has 1 radical (unpaired) electrons. The van der Waals surface area contributed by atoms with Crippen LogP contribution >= 0.6 is 11.6 Å². The van der Waals surface area contributed by atoms with Gasteiger partial charge in [0.1, 0.15) is 0 Å². The first kappa shape index (κ1) is 10.3. The van der Waals surface area contributed by atoms with E-state index in [0.29, 0.717) is 5.38 Å². The average Bonchev–Trinajstić information content (AvgIpc) is 1.98. The lowest BCUT2D eigenvalue weighted by molar-refractivity contribution is 0.632. The van der Waals surface area contributed by atoms with E-state index in [1.54, 1.807) is 0 Å². The van der Waals surface area contributed by atoms with E-state index in [0.717, 1.165) is 6.42 Å². The van der Waals surface area contributed by atoms with E-state index in [1.165, 1.54) is 25.7 Å². The molecule has 1 atom stereocenters. The molecule has 0 aromatic heterocycles. The molecule has 1 unspecified atom stereocenters. The van der Waals surface area contributed by atoms with Crippen LogP contribution in [-0.2, 0) is 0 Å². The monoisotopic (exact) mass is 161 g/mol. The number of rotatable bonds is 6. The highest BCUT2D eigenvalue weighted by molar-refractivity contribution is 6.21. The predicted octanol–water partition coefficient (Wildman–Crippen LogP) is 3.79. The van der Waals surface area contributed by atoms with Gasteiger partial charge in [0.25, 0.3) is 0 Å². The zero-order valence-electron chi connectivity index (χ0n) is 7.07. The first-order chi connectivity index (χ1) is 4.81. The van der Waals surface area contributed by atoms with Gasteiger partial charge in [0.15, 0.2) is 0 Å². The van der Waals surface area contributed by atoms with Gasteiger partial charge in [-0.3, -0.25) is 0 Å². The maximum atomic E-state index is 5.89. The van der Waals surface area contributed by atoms with Crippen molar-refractivity contribution in [3.8, 4) is 0 Å². The molecule has 0 aromatic rings. The van der Waals surface area contributed by atoms with Crippen molar-refractivity contribution in [2.24, 2.45) is 0 Å². The molecule has 0 fully saturated rings. The molecule has 10 heavy (non-hydrogen) atoms. The van der Waals surface area contributed by atoms with Gasteiger partial charge in [0.2, 0.25) is 0 Å². The van der Waals surface area contributed by atoms with E-state index in [1.807, 2.05) is 6.92 Å². The Bertz CT molecular complexity index is 61.7. The van der Waals surface area contributed by atoms with Gasteiger partial charge in [0, 0.05) is 5.38 Å². The number of hydrogen-bond acceptors (Lipinski definition) is 0. The van der Waals surface area contributed by atoms with Crippen molar-refractivity contribution in [1.82, 2.24) is 0 Å². The lowest BCUT2D eigenvalue weighted by Crippen LogP contribution is -1.95. The van der Waals surface area contributed by atoms with E-state index in [9.17, 15) is 0 Å². The summed E-state index contributed by atoms with van der Waals surface area (Å²) in [6, 6.07) is 0. The van der Waals surface area contributed by atoms with Crippen LogP contribution in [0.2, 0.25) is 0 Å². The van der Waals surface area contributed by atoms with Crippen molar-refractivity contribution < 1.29 is 0 Å². The molecule has 0 bridgehead atoms. The maximum Gasteiger partial charge on any atom is 0.0364 e. The second-order valence-electron chi connectivity index (χ2n) is 2.70. The minimum Gasteiger partial charge on any atom is -0.123 e. The van der Waals surface area contributed by atoms with Crippen LogP contribution in [0, 0.1) is 6.42 Å².